The van der Waals surface area contributed by atoms with Crippen LogP contribution in [0.4, 0.5) is 0 Å². The molecule has 2 aliphatic rings. The van der Waals surface area contributed by atoms with Gasteiger partial charge in [0, 0.05) is 19.2 Å². The van der Waals surface area contributed by atoms with E-state index in [-0.39, 0.29) is 36.7 Å². The average molecular weight is 510 g/mol. The van der Waals surface area contributed by atoms with E-state index in [1.54, 1.807) is 0 Å². The van der Waals surface area contributed by atoms with Gasteiger partial charge in [-0.15, -0.1) is 0 Å². The van der Waals surface area contributed by atoms with Crippen molar-refractivity contribution in [2.24, 2.45) is 17.6 Å². The molecule has 0 heterocycles. The molecule has 0 unspecified atom stereocenters. The van der Waals surface area contributed by atoms with Crippen molar-refractivity contribution in [1.29, 1.82) is 0 Å². The van der Waals surface area contributed by atoms with Crippen LogP contribution in [0, 0.1) is 11.8 Å². The van der Waals surface area contributed by atoms with Gasteiger partial charge in [0.25, 0.3) is 0 Å². The molecule has 2 aromatic rings. The third-order valence-corrected chi connectivity index (χ3v) is 7.99. The highest BCUT2D eigenvalue weighted by Gasteiger charge is 2.32. The minimum Gasteiger partial charge on any atom is -1.00 e. The lowest BCUT2D eigenvalue weighted by Gasteiger charge is -2.35. The summed E-state index contributed by atoms with van der Waals surface area (Å²) in [6.45, 7) is 6.04. The summed E-state index contributed by atoms with van der Waals surface area (Å²) in [5.41, 5.74) is 8.66. The minimum absolute atomic E-state index is 0. The second-order valence-electron chi connectivity index (χ2n) is 9.71. The Hall–Kier alpha value is -1.24. The Morgan fingerprint density at radius 2 is 1.26 bits per heavy atom. The van der Waals surface area contributed by atoms with Gasteiger partial charge in [0.2, 0.25) is 0 Å². The average Bonchev–Trinajstić information content (AvgIpc) is 2.73. The standard InChI is InChI=1S/C15H23NOS.C11H15N.CH4O.CH4.ClH/c1-15(2,3)18(17)16-14(13-10-7-11-13)12-8-5-4-6-9-12;12-11(10-7-4-8-10)9-5-2-1-3-6-9;1-2;;/h4-6,8-9,13-14,16H,7,10-11H2,1-3H3;1-3,5-6,10-11H,4,7-8,12H2;2H,1H3;1H4;1H/p-1/t14-,18+;11-;;;/m11.../s1. The molecule has 6 heteroatoms. The number of nitrogens with two attached hydrogens (primary N) is 1. The van der Waals surface area contributed by atoms with Gasteiger partial charge in [0.05, 0.1) is 15.7 Å². The summed E-state index contributed by atoms with van der Waals surface area (Å²) < 4.78 is 15.4. The largest absolute Gasteiger partial charge is 1.00 e. The first kappa shape index (κ1) is 32.8. The zero-order chi connectivity index (χ0) is 23.6. The molecular formula is C28H46ClN2O2S-. The van der Waals surface area contributed by atoms with Gasteiger partial charge < -0.3 is 23.2 Å². The Labute approximate surface area is 217 Å². The molecule has 2 fully saturated rings. The topological polar surface area (TPSA) is 75.3 Å². The van der Waals surface area contributed by atoms with Gasteiger partial charge in [-0.3, -0.25) is 0 Å². The van der Waals surface area contributed by atoms with Gasteiger partial charge in [0.1, 0.15) is 0 Å². The lowest BCUT2D eigenvalue weighted by molar-refractivity contribution is -0.00000919. The fourth-order valence-electron chi connectivity index (χ4n) is 3.91. The van der Waals surface area contributed by atoms with E-state index < -0.39 is 11.0 Å². The van der Waals surface area contributed by atoms with Crippen molar-refractivity contribution < 1.29 is 21.7 Å². The summed E-state index contributed by atoms with van der Waals surface area (Å²) in [5.74, 6) is 1.38. The number of rotatable bonds is 6. The van der Waals surface area contributed by atoms with Crippen LogP contribution in [0.25, 0.3) is 0 Å². The van der Waals surface area contributed by atoms with Crippen LogP contribution in [-0.4, -0.2) is 21.2 Å². The van der Waals surface area contributed by atoms with Crippen molar-refractivity contribution in [3.05, 3.63) is 71.8 Å². The van der Waals surface area contributed by atoms with E-state index in [1.165, 1.54) is 49.7 Å². The lowest BCUT2D eigenvalue weighted by atomic mass is 9.77. The quantitative estimate of drug-likeness (QED) is 0.559. The first-order valence-electron chi connectivity index (χ1n) is 11.8. The number of hydrogen-bond donors (Lipinski definition) is 3. The van der Waals surface area contributed by atoms with Crippen LogP contribution in [0.15, 0.2) is 60.7 Å². The lowest BCUT2D eigenvalue weighted by Crippen LogP contribution is -3.00. The molecule has 4 rings (SSSR count). The minimum atomic E-state index is -1.01. The molecule has 2 aromatic carbocycles. The summed E-state index contributed by atoms with van der Waals surface area (Å²) in [6.07, 6.45) is 7.79. The smallest absolute Gasteiger partial charge is 0.0976 e. The summed E-state index contributed by atoms with van der Waals surface area (Å²) in [6, 6.07) is 21.4. The highest BCUT2D eigenvalue weighted by molar-refractivity contribution is 7.84. The molecule has 2 saturated carbocycles. The molecule has 0 radical (unpaired) electrons. The van der Waals surface area contributed by atoms with Crippen LogP contribution in [0.1, 0.15) is 89.9 Å². The molecule has 34 heavy (non-hydrogen) atoms. The number of aliphatic hydroxyl groups is 1. The fraction of sp³-hybridized carbons (Fsp3) is 0.571. The first-order chi connectivity index (χ1) is 15.4. The van der Waals surface area contributed by atoms with E-state index in [9.17, 15) is 4.21 Å². The van der Waals surface area contributed by atoms with Crippen LogP contribution in [0.3, 0.4) is 0 Å². The van der Waals surface area contributed by atoms with Gasteiger partial charge in [-0.25, -0.2) is 8.93 Å². The van der Waals surface area contributed by atoms with Crippen LogP contribution < -0.4 is 22.9 Å². The second kappa shape index (κ2) is 16.4. The predicted molar refractivity (Wildman–Crippen MR) is 143 cm³/mol. The summed E-state index contributed by atoms with van der Waals surface area (Å²) >= 11 is 0. The molecule has 0 spiro atoms. The van der Waals surface area contributed by atoms with E-state index in [1.807, 2.05) is 32.9 Å². The second-order valence-corrected chi connectivity index (χ2v) is 11.7. The van der Waals surface area contributed by atoms with E-state index in [4.69, 9.17) is 10.8 Å². The molecule has 2 aliphatic carbocycles. The molecule has 0 amide bonds. The maximum absolute atomic E-state index is 12.3. The number of hydrogen-bond acceptors (Lipinski definition) is 3. The fourth-order valence-corrected chi connectivity index (χ4v) is 4.82. The molecule has 4 nitrogen and oxygen atoms in total. The van der Waals surface area contributed by atoms with Crippen LogP contribution in [0.5, 0.6) is 0 Å². The predicted octanol–water partition coefficient (Wildman–Crippen LogP) is 3.31. The van der Waals surface area contributed by atoms with Gasteiger partial charge in [-0.1, -0.05) is 80.9 Å². The molecular weight excluding hydrogens is 464 g/mol. The Kier molecular flexibility index (Phi) is 15.8. The third-order valence-electron chi connectivity index (χ3n) is 6.41. The summed E-state index contributed by atoms with van der Waals surface area (Å²) in [4.78, 5) is 0. The molecule has 194 valence electrons. The highest BCUT2D eigenvalue weighted by atomic mass is 35.5. The van der Waals surface area contributed by atoms with Crippen LogP contribution in [0.2, 0.25) is 0 Å². The highest BCUT2D eigenvalue weighted by Crippen LogP contribution is 2.38. The molecule has 0 aromatic heterocycles. The Balaban J connectivity index is 0.000000597. The van der Waals surface area contributed by atoms with Crippen LogP contribution >= 0.6 is 0 Å². The summed E-state index contributed by atoms with van der Waals surface area (Å²) in [7, 11) is -0.00618. The van der Waals surface area contributed by atoms with Gasteiger partial charge in [-0.2, -0.15) is 0 Å². The van der Waals surface area contributed by atoms with E-state index in [0.717, 1.165) is 13.0 Å². The zero-order valence-electron chi connectivity index (χ0n) is 20.5. The third kappa shape index (κ3) is 9.79. The molecule has 0 saturated heterocycles. The Morgan fingerprint density at radius 1 is 0.853 bits per heavy atom. The van der Waals surface area contributed by atoms with Crippen molar-refractivity contribution in [2.75, 3.05) is 7.11 Å². The van der Waals surface area contributed by atoms with Gasteiger partial charge in [-0.05, 0) is 69.4 Å². The Bertz CT molecular complexity index is 791. The molecule has 0 aliphatic heterocycles. The normalized spacial score (nSPS) is 17.9. The molecule has 0 bridgehead atoms. The monoisotopic (exact) mass is 509 g/mol. The number of halogens is 1. The van der Waals surface area contributed by atoms with E-state index in [2.05, 4.69) is 53.3 Å². The molecule has 4 N–H and O–H groups in total. The van der Waals surface area contributed by atoms with E-state index >= 15 is 0 Å². The number of benzene rings is 2. The Morgan fingerprint density at radius 3 is 1.62 bits per heavy atom. The number of aliphatic hydroxyl groups excluding tert-OH is 1. The SMILES string of the molecule is C.CC(C)(C)[S@](=O)N[C@H](c1ccccc1)C1CCC1.CO.N[C@H](c1ccccc1)C1CCC1.[Cl-]. The van der Waals surface area contributed by atoms with Gasteiger partial charge in [0.15, 0.2) is 0 Å². The zero-order valence-corrected chi connectivity index (χ0v) is 22.1. The van der Waals surface area contributed by atoms with E-state index in [0.29, 0.717) is 5.92 Å². The van der Waals surface area contributed by atoms with Crippen molar-refractivity contribution in [1.82, 2.24) is 4.72 Å². The first-order valence-corrected chi connectivity index (χ1v) is 13.0. The summed E-state index contributed by atoms with van der Waals surface area (Å²) in [5, 5.41) is 7.00. The van der Waals surface area contributed by atoms with Gasteiger partial charge >= 0.3 is 0 Å². The van der Waals surface area contributed by atoms with Crippen LogP contribution in [-0.2, 0) is 11.0 Å². The maximum atomic E-state index is 12.3. The maximum Gasteiger partial charge on any atom is 0.0976 e. The van der Waals surface area contributed by atoms with Crippen molar-refractivity contribution in [2.45, 2.75) is 83.6 Å². The van der Waals surface area contributed by atoms with Crippen molar-refractivity contribution in [3.8, 4) is 0 Å². The van der Waals surface area contributed by atoms with Crippen molar-refractivity contribution >= 4 is 11.0 Å². The molecule has 3 atom stereocenters. The number of nitrogens with one attached hydrogen (secondary N) is 1. The van der Waals surface area contributed by atoms with Crippen molar-refractivity contribution in [3.63, 3.8) is 0 Å².